The van der Waals surface area contributed by atoms with Crippen molar-refractivity contribution in [2.24, 2.45) is 7.05 Å². The van der Waals surface area contributed by atoms with Gasteiger partial charge in [-0.05, 0) is 43.9 Å². The van der Waals surface area contributed by atoms with Gasteiger partial charge in [-0.3, -0.25) is 9.58 Å². The van der Waals surface area contributed by atoms with Gasteiger partial charge in [0.05, 0.1) is 16.6 Å². The fraction of sp³-hybridized carbons (Fsp3) is 0.524. The number of hydrogen-bond donors (Lipinski definition) is 0. The first-order valence-corrected chi connectivity index (χ1v) is 10.5. The molecule has 1 saturated carbocycles. The molecule has 2 fully saturated rings. The summed E-state index contributed by atoms with van der Waals surface area (Å²) in [7, 11) is 1.91. The van der Waals surface area contributed by atoms with Gasteiger partial charge in [0.15, 0.2) is 0 Å². The summed E-state index contributed by atoms with van der Waals surface area (Å²) in [5, 5.41) is 9.24. The van der Waals surface area contributed by atoms with E-state index in [0.717, 1.165) is 68.0 Å². The summed E-state index contributed by atoms with van der Waals surface area (Å²) in [5.41, 5.74) is 3.18. The molecule has 0 atom stereocenters. The summed E-state index contributed by atoms with van der Waals surface area (Å²) in [6.07, 6.45) is 8.63. The highest BCUT2D eigenvalue weighted by Gasteiger charge is 2.21. The van der Waals surface area contributed by atoms with Crippen molar-refractivity contribution in [1.29, 1.82) is 0 Å². The zero-order valence-electron chi connectivity index (χ0n) is 16.9. The number of nitrogens with zero attached hydrogens (tertiary/aromatic N) is 7. The molecular formula is C21H27N7O. The van der Waals surface area contributed by atoms with Crippen molar-refractivity contribution in [2.45, 2.75) is 38.3 Å². The Balaban J connectivity index is 1.29. The van der Waals surface area contributed by atoms with E-state index in [2.05, 4.69) is 48.3 Å². The molecule has 1 aromatic carbocycles. The first-order chi connectivity index (χ1) is 14.2. The quantitative estimate of drug-likeness (QED) is 0.659. The lowest BCUT2D eigenvalue weighted by Crippen LogP contribution is -2.46. The van der Waals surface area contributed by atoms with Crippen LogP contribution in [0.2, 0.25) is 0 Å². The Kier molecular flexibility index (Phi) is 5.01. The molecule has 0 N–H and O–H groups in total. The van der Waals surface area contributed by atoms with Gasteiger partial charge in [-0.1, -0.05) is 5.21 Å². The summed E-state index contributed by atoms with van der Waals surface area (Å²) < 4.78 is 7.98. The van der Waals surface area contributed by atoms with E-state index in [1.54, 1.807) is 11.0 Å². The van der Waals surface area contributed by atoms with Crippen LogP contribution in [-0.4, -0.2) is 62.1 Å². The third-order valence-electron chi connectivity index (χ3n) is 5.94. The molecule has 0 amide bonds. The van der Waals surface area contributed by atoms with E-state index in [1.807, 2.05) is 13.2 Å². The highest BCUT2D eigenvalue weighted by atomic mass is 16.5. The van der Waals surface area contributed by atoms with Crippen molar-refractivity contribution in [1.82, 2.24) is 29.9 Å². The van der Waals surface area contributed by atoms with Crippen molar-refractivity contribution in [3.63, 3.8) is 0 Å². The number of piperazine rings is 1. The second-order valence-corrected chi connectivity index (χ2v) is 8.05. The molecule has 3 aromatic rings. The fourth-order valence-corrected chi connectivity index (χ4v) is 4.34. The number of hydrogen-bond acceptors (Lipinski definition) is 7. The van der Waals surface area contributed by atoms with Crippen LogP contribution in [0.1, 0.15) is 31.4 Å². The molecule has 1 aliphatic carbocycles. The second-order valence-electron chi connectivity index (χ2n) is 8.05. The molecule has 152 valence electrons. The van der Waals surface area contributed by atoms with Gasteiger partial charge in [0.2, 0.25) is 5.88 Å². The first kappa shape index (κ1) is 18.3. The van der Waals surface area contributed by atoms with E-state index in [9.17, 15) is 0 Å². The molecule has 2 aromatic heterocycles. The lowest BCUT2D eigenvalue weighted by Gasteiger charge is -2.35. The highest BCUT2D eigenvalue weighted by molar-refractivity contribution is 5.86. The van der Waals surface area contributed by atoms with Crippen LogP contribution < -0.4 is 9.64 Å². The van der Waals surface area contributed by atoms with E-state index in [4.69, 9.17) is 4.74 Å². The minimum atomic E-state index is 0.293. The molecule has 3 heterocycles. The zero-order chi connectivity index (χ0) is 19.6. The summed E-state index contributed by atoms with van der Waals surface area (Å²) >= 11 is 0. The largest absolute Gasteiger partial charge is 0.474 e. The van der Waals surface area contributed by atoms with Crippen LogP contribution in [0.3, 0.4) is 0 Å². The van der Waals surface area contributed by atoms with Crippen LogP contribution in [0.4, 0.5) is 5.69 Å². The second kappa shape index (κ2) is 7.94. The summed E-state index contributed by atoms with van der Waals surface area (Å²) in [4.78, 5) is 13.7. The predicted molar refractivity (Wildman–Crippen MR) is 111 cm³/mol. The third kappa shape index (κ3) is 4.03. The number of aryl methyl sites for hydroxylation is 1. The predicted octanol–water partition coefficient (Wildman–Crippen LogP) is 2.40. The number of benzene rings is 1. The lowest BCUT2D eigenvalue weighted by atomic mass is 10.1. The number of anilines is 1. The molecule has 0 radical (unpaired) electrons. The average Bonchev–Trinajstić information content (AvgIpc) is 3.40. The van der Waals surface area contributed by atoms with Gasteiger partial charge in [0, 0.05) is 51.7 Å². The molecule has 8 nitrogen and oxygen atoms in total. The van der Waals surface area contributed by atoms with Crippen LogP contribution in [0.15, 0.2) is 30.7 Å². The molecular weight excluding hydrogens is 366 g/mol. The Hall–Kier alpha value is -2.74. The maximum atomic E-state index is 6.22. The maximum absolute atomic E-state index is 6.22. The Morgan fingerprint density at radius 1 is 1.07 bits per heavy atom. The summed E-state index contributed by atoms with van der Waals surface area (Å²) in [5.74, 6) is 0.727. The van der Waals surface area contributed by atoms with Gasteiger partial charge in [-0.25, -0.2) is 9.97 Å². The number of aromatic nitrogens is 5. The minimum absolute atomic E-state index is 0.293. The van der Waals surface area contributed by atoms with E-state index in [-0.39, 0.29) is 0 Å². The molecule has 1 saturated heterocycles. The molecule has 1 aliphatic heterocycles. The normalized spacial score (nSPS) is 18.6. The lowest BCUT2D eigenvalue weighted by molar-refractivity contribution is 0.204. The molecule has 5 rings (SSSR count). The van der Waals surface area contributed by atoms with Crippen molar-refractivity contribution in [3.05, 3.63) is 36.4 Å². The molecule has 0 bridgehead atoms. The third-order valence-corrected chi connectivity index (χ3v) is 5.94. The van der Waals surface area contributed by atoms with Gasteiger partial charge in [0.25, 0.3) is 0 Å². The SMILES string of the molecule is Cn1cc(CN2CCN(c3ccc4ncnc(OC5CCCC5)c4c3)CC2)nn1. The topological polar surface area (TPSA) is 72.2 Å². The summed E-state index contributed by atoms with van der Waals surface area (Å²) in [6, 6.07) is 6.44. The molecule has 0 unspecified atom stereocenters. The van der Waals surface area contributed by atoms with E-state index < -0.39 is 0 Å². The van der Waals surface area contributed by atoms with Gasteiger partial charge >= 0.3 is 0 Å². The number of ether oxygens (including phenoxy) is 1. The first-order valence-electron chi connectivity index (χ1n) is 10.5. The van der Waals surface area contributed by atoms with E-state index >= 15 is 0 Å². The molecule has 2 aliphatic rings. The van der Waals surface area contributed by atoms with Crippen LogP contribution in [-0.2, 0) is 13.6 Å². The van der Waals surface area contributed by atoms with Gasteiger partial charge < -0.3 is 9.64 Å². The number of fused-ring (bicyclic) bond motifs is 1. The van der Waals surface area contributed by atoms with Crippen LogP contribution >= 0.6 is 0 Å². The van der Waals surface area contributed by atoms with Crippen molar-refractivity contribution in [3.8, 4) is 5.88 Å². The Labute approximate surface area is 170 Å². The van der Waals surface area contributed by atoms with Crippen LogP contribution in [0, 0.1) is 0 Å². The summed E-state index contributed by atoms with van der Waals surface area (Å²) in [6.45, 7) is 4.83. The van der Waals surface area contributed by atoms with Gasteiger partial charge in [-0.15, -0.1) is 5.10 Å². The zero-order valence-corrected chi connectivity index (χ0v) is 16.9. The number of rotatable bonds is 5. The maximum Gasteiger partial charge on any atom is 0.224 e. The van der Waals surface area contributed by atoms with Gasteiger partial charge in [0.1, 0.15) is 12.4 Å². The fourth-order valence-electron chi connectivity index (χ4n) is 4.34. The Morgan fingerprint density at radius 2 is 1.90 bits per heavy atom. The molecule has 29 heavy (non-hydrogen) atoms. The van der Waals surface area contributed by atoms with Crippen molar-refractivity contribution >= 4 is 16.6 Å². The van der Waals surface area contributed by atoms with Crippen LogP contribution in [0.5, 0.6) is 5.88 Å². The monoisotopic (exact) mass is 393 g/mol. The molecule has 0 spiro atoms. The Bertz CT molecular complexity index is 974. The van der Waals surface area contributed by atoms with Gasteiger partial charge in [-0.2, -0.15) is 0 Å². The highest BCUT2D eigenvalue weighted by Crippen LogP contribution is 2.30. The minimum Gasteiger partial charge on any atom is -0.474 e. The van der Waals surface area contributed by atoms with E-state index in [0.29, 0.717) is 6.10 Å². The van der Waals surface area contributed by atoms with Crippen molar-refractivity contribution in [2.75, 3.05) is 31.1 Å². The molecule has 8 heteroatoms. The van der Waals surface area contributed by atoms with Crippen molar-refractivity contribution < 1.29 is 4.74 Å². The van der Waals surface area contributed by atoms with E-state index in [1.165, 1.54) is 18.5 Å². The van der Waals surface area contributed by atoms with Crippen LogP contribution in [0.25, 0.3) is 10.9 Å². The standard InChI is InChI=1S/C21H27N7O/c1-26-13-16(24-25-26)14-27-8-10-28(11-9-27)17-6-7-20-19(12-17)21(23-15-22-20)29-18-4-2-3-5-18/h6-7,12-13,15,18H,2-5,8-11,14H2,1H3. The average molecular weight is 393 g/mol. The smallest absolute Gasteiger partial charge is 0.224 e. The Morgan fingerprint density at radius 3 is 2.66 bits per heavy atom.